The van der Waals surface area contributed by atoms with Gasteiger partial charge in [0.05, 0.1) is 0 Å². The largest absolute Gasteiger partial charge is 0.355 e. The topological polar surface area (TPSA) is 15.8 Å². The monoisotopic (exact) mass is 241 g/mol. The third-order valence-corrected chi connectivity index (χ3v) is 2.74. The van der Waals surface area contributed by atoms with Gasteiger partial charge in [0.2, 0.25) is 0 Å². The van der Waals surface area contributed by atoms with Crippen LogP contribution in [-0.4, -0.2) is 4.98 Å². The van der Waals surface area contributed by atoms with Gasteiger partial charge in [0.25, 0.3) is 0 Å². The van der Waals surface area contributed by atoms with Crippen LogP contribution in [0.25, 0.3) is 21.8 Å². The number of aromatic amines is 1. The zero-order valence-corrected chi connectivity index (χ0v) is 12.0. The Morgan fingerprint density at radius 2 is 1.33 bits per heavy atom. The summed E-state index contributed by atoms with van der Waals surface area (Å²) in [5, 5.41) is 2.67. The maximum atomic E-state index is 3.42. The lowest BCUT2D eigenvalue weighted by Crippen LogP contribution is -1.72. The van der Waals surface area contributed by atoms with Gasteiger partial charge in [-0.05, 0) is 24.6 Å². The standard InChI is InChI=1S/C13H11N.2C2H6/c1-9-5-4-8-12-13(9)10-6-2-3-7-11(10)14-12;2*1-2/h2-8,14H,1H3;2*1-2H3. The lowest BCUT2D eigenvalue weighted by Gasteiger charge is -1.95. The molecular formula is C17H23N. The Labute approximate surface area is 110 Å². The molecule has 0 saturated heterocycles. The average Bonchev–Trinajstić information content (AvgIpc) is 2.83. The molecule has 0 atom stereocenters. The summed E-state index contributed by atoms with van der Waals surface area (Å²) in [4.78, 5) is 3.42. The fraction of sp³-hybridized carbons (Fsp3) is 0.294. The molecule has 1 nitrogen and oxygen atoms in total. The first-order valence-corrected chi connectivity index (χ1v) is 6.82. The van der Waals surface area contributed by atoms with Crippen molar-refractivity contribution in [2.24, 2.45) is 0 Å². The van der Waals surface area contributed by atoms with Crippen molar-refractivity contribution in [3.8, 4) is 0 Å². The fourth-order valence-electron chi connectivity index (χ4n) is 2.08. The second-order valence-corrected chi connectivity index (χ2v) is 3.67. The summed E-state index contributed by atoms with van der Waals surface area (Å²) in [7, 11) is 0. The Morgan fingerprint density at radius 3 is 2.06 bits per heavy atom. The van der Waals surface area contributed by atoms with Gasteiger partial charge in [-0.3, -0.25) is 0 Å². The first kappa shape index (κ1) is 14.3. The van der Waals surface area contributed by atoms with Crippen LogP contribution in [0.5, 0.6) is 0 Å². The summed E-state index contributed by atoms with van der Waals surface area (Å²) in [6.07, 6.45) is 0. The van der Waals surface area contributed by atoms with Crippen molar-refractivity contribution < 1.29 is 0 Å². The van der Waals surface area contributed by atoms with Crippen LogP contribution in [0.3, 0.4) is 0 Å². The van der Waals surface area contributed by atoms with Crippen molar-refractivity contribution in [3.05, 3.63) is 48.0 Å². The molecule has 96 valence electrons. The van der Waals surface area contributed by atoms with E-state index in [4.69, 9.17) is 0 Å². The third kappa shape index (κ3) is 2.56. The van der Waals surface area contributed by atoms with E-state index >= 15 is 0 Å². The van der Waals surface area contributed by atoms with Gasteiger partial charge in [-0.1, -0.05) is 58.0 Å². The molecule has 0 aliphatic carbocycles. The Bertz CT molecular complexity index is 605. The van der Waals surface area contributed by atoms with Gasteiger partial charge in [0, 0.05) is 21.8 Å². The summed E-state index contributed by atoms with van der Waals surface area (Å²) in [5.41, 5.74) is 3.78. The maximum absolute atomic E-state index is 3.42. The van der Waals surface area contributed by atoms with Crippen LogP contribution in [0.15, 0.2) is 42.5 Å². The normalized spacial score (nSPS) is 9.39. The molecule has 3 rings (SSSR count). The molecule has 1 heterocycles. The van der Waals surface area contributed by atoms with Crippen LogP contribution in [-0.2, 0) is 0 Å². The Balaban J connectivity index is 0.000000371. The Morgan fingerprint density at radius 1 is 0.722 bits per heavy atom. The summed E-state index contributed by atoms with van der Waals surface area (Å²) >= 11 is 0. The Hall–Kier alpha value is -1.76. The molecule has 0 bridgehead atoms. The van der Waals surface area contributed by atoms with E-state index < -0.39 is 0 Å². The van der Waals surface area contributed by atoms with Crippen LogP contribution in [0.1, 0.15) is 33.3 Å². The molecule has 0 fully saturated rings. The molecule has 0 radical (unpaired) electrons. The van der Waals surface area contributed by atoms with Gasteiger partial charge >= 0.3 is 0 Å². The predicted octanol–water partition coefficient (Wildman–Crippen LogP) is 5.68. The number of aryl methyl sites for hydroxylation is 1. The summed E-state index contributed by atoms with van der Waals surface area (Å²) in [6.45, 7) is 10.2. The van der Waals surface area contributed by atoms with E-state index in [2.05, 4.69) is 54.4 Å². The number of benzene rings is 2. The highest BCUT2D eigenvalue weighted by atomic mass is 14.7. The van der Waals surface area contributed by atoms with Crippen LogP contribution < -0.4 is 0 Å². The number of para-hydroxylation sites is 1. The average molecular weight is 241 g/mol. The van der Waals surface area contributed by atoms with Crippen molar-refractivity contribution in [1.82, 2.24) is 4.98 Å². The second-order valence-electron chi connectivity index (χ2n) is 3.67. The maximum Gasteiger partial charge on any atom is 0.0467 e. The van der Waals surface area contributed by atoms with E-state index in [0.717, 1.165) is 0 Å². The molecule has 0 saturated carbocycles. The number of hydrogen-bond donors (Lipinski definition) is 1. The van der Waals surface area contributed by atoms with Crippen LogP contribution in [0, 0.1) is 6.92 Å². The molecule has 0 aliphatic heterocycles. The molecule has 0 amide bonds. The first-order chi connectivity index (χ1) is 8.86. The molecule has 3 aromatic rings. The third-order valence-electron chi connectivity index (χ3n) is 2.74. The van der Waals surface area contributed by atoms with E-state index in [1.165, 1.54) is 27.4 Å². The number of nitrogens with one attached hydrogen (secondary N) is 1. The zero-order chi connectivity index (χ0) is 13.5. The number of fused-ring (bicyclic) bond motifs is 3. The van der Waals surface area contributed by atoms with Gasteiger partial charge in [-0.15, -0.1) is 0 Å². The minimum Gasteiger partial charge on any atom is -0.355 e. The lowest BCUT2D eigenvalue weighted by atomic mass is 10.1. The number of rotatable bonds is 0. The van der Waals surface area contributed by atoms with Gasteiger partial charge in [-0.2, -0.15) is 0 Å². The number of aromatic nitrogens is 1. The second kappa shape index (κ2) is 6.85. The molecule has 0 spiro atoms. The molecule has 18 heavy (non-hydrogen) atoms. The van der Waals surface area contributed by atoms with Crippen LogP contribution >= 0.6 is 0 Å². The lowest BCUT2D eigenvalue weighted by molar-refractivity contribution is 1.50. The molecular weight excluding hydrogens is 218 g/mol. The zero-order valence-electron chi connectivity index (χ0n) is 12.0. The summed E-state index contributed by atoms with van der Waals surface area (Å²) in [6, 6.07) is 14.8. The summed E-state index contributed by atoms with van der Waals surface area (Å²) < 4.78 is 0. The quantitative estimate of drug-likeness (QED) is 0.521. The predicted molar refractivity (Wildman–Crippen MR) is 83.2 cm³/mol. The summed E-state index contributed by atoms with van der Waals surface area (Å²) in [5.74, 6) is 0. The highest BCUT2D eigenvalue weighted by Gasteiger charge is 2.04. The van der Waals surface area contributed by atoms with Crippen molar-refractivity contribution in [2.75, 3.05) is 0 Å². The number of hydrogen-bond acceptors (Lipinski definition) is 0. The van der Waals surface area contributed by atoms with Gasteiger partial charge < -0.3 is 4.98 Å². The first-order valence-electron chi connectivity index (χ1n) is 6.82. The van der Waals surface area contributed by atoms with E-state index in [9.17, 15) is 0 Å². The van der Waals surface area contributed by atoms with E-state index in [-0.39, 0.29) is 0 Å². The number of H-pyrrole nitrogens is 1. The Kier molecular flexibility index (Phi) is 5.44. The van der Waals surface area contributed by atoms with Crippen LogP contribution in [0.4, 0.5) is 0 Å². The van der Waals surface area contributed by atoms with Crippen molar-refractivity contribution in [2.45, 2.75) is 34.6 Å². The molecule has 1 N–H and O–H groups in total. The highest BCUT2D eigenvalue weighted by Crippen LogP contribution is 2.27. The van der Waals surface area contributed by atoms with Gasteiger partial charge in [0.1, 0.15) is 0 Å². The SMILES string of the molecule is CC.CC.Cc1cccc2[nH]c3ccccc3c12. The molecule has 1 aromatic heterocycles. The molecule has 1 heteroatoms. The van der Waals surface area contributed by atoms with Crippen molar-refractivity contribution in [3.63, 3.8) is 0 Å². The molecule has 0 unspecified atom stereocenters. The van der Waals surface area contributed by atoms with Crippen molar-refractivity contribution in [1.29, 1.82) is 0 Å². The smallest absolute Gasteiger partial charge is 0.0467 e. The highest BCUT2D eigenvalue weighted by molar-refractivity contribution is 6.08. The fourth-order valence-corrected chi connectivity index (χ4v) is 2.08. The van der Waals surface area contributed by atoms with Gasteiger partial charge in [-0.25, -0.2) is 0 Å². The van der Waals surface area contributed by atoms with Crippen LogP contribution in [0.2, 0.25) is 0 Å². The van der Waals surface area contributed by atoms with E-state index in [0.29, 0.717) is 0 Å². The molecule has 0 aliphatic rings. The van der Waals surface area contributed by atoms with E-state index in [1.54, 1.807) is 0 Å². The minimum absolute atomic E-state index is 1.22. The minimum atomic E-state index is 1.22. The molecule has 2 aromatic carbocycles. The van der Waals surface area contributed by atoms with Crippen molar-refractivity contribution >= 4 is 21.8 Å². The van der Waals surface area contributed by atoms with Gasteiger partial charge in [0.15, 0.2) is 0 Å². The van der Waals surface area contributed by atoms with E-state index in [1.807, 2.05) is 27.7 Å².